The average Bonchev–Trinajstić information content (AvgIpc) is 3.55. The van der Waals surface area contributed by atoms with Crippen LogP contribution in [0, 0.1) is 11.8 Å². The molecule has 0 saturated carbocycles. The number of H-pyrrole nitrogens is 1. The van der Waals surface area contributed by atoms with E-state index >= 15 is 0 Å². The number of unbranched alkanes of at least 4 members (excludes halogenated alkanes) is 1. The van der Waals surface area contributed by atoms with Crippen LogP contribution in [-0.4, -0.2) is 82.3 Å². The highest BCUT2D eigenvalue weighted by Gasteiger charge is 2.34. The van der Waals surface area contributed by atoms with Gasteiger partial charge in [-0.1, -0.05) is 64.4 Å². The van der Waals surface area contributed by atoms with Gasteiger partial charge in [0.15, 0.2) is 0 Å². The first-order valence-corrected chi connectivity index (χ1v) is 18.9. The molecule has 3 aromatic rings. The number of para-hydroxylation sites is 1. The van der Waals surface area contributed by atoms with Crippen molar-refractivity contribution in [2.45, 2.75) is 110 Å². The monoisotopic (exact) mass is 762 g/mol. The summed E-state index contributed by atoms with van der Waals surface area (Å²) in [6.07, 6.45) is 4.05. The lowest BCUT2D eigenvalue weighted by atomic mass is 9.96. The average molecular weight is 763 g/mol. The van der Waals surface area contributed by atoms with Gasteiger partial charge >= 0.3 is 0 Å². The largest absolute Gasteiger partial charge is 0.508 e. The molecule has 6 amide bonds. The highest BCUT2D eigenvalue weighted by Crippen LogP contribution is 2.20. The van der Waals surface area contributed by atoms with Gasteiger partial charge in [-0.05, 0) is 73.4 Å². The van der Waals surface area contributed by atoms with Gasteiger partial charge in [0.1, 0.15) is 36.0 Å². The lowest BCUT2D eigenvalue weighted by molar-refractivity contribution is -0.135. The summed E-state index contributed by atoms with van der Waals surface area (Å²) in [5.41, 5.74) is 13.3. The number of primary amides is 1. The summed E-state index contributed by atoms with van der Waals surface area (Å²) in [7, 11) is 0. The number of benzene rings is 2. The van der Waals surface area contributed by atoms with Gasteiger partial charge in [0.05, 0.1) is 0 Å². The summed E-state index contributed by atoms with van der Waals surface area (Å²) in [5.74, 6) is -3.98. The smallest absolute Gasteiger partial charge is 0.243 e. The van der Waals surface area contributed by atoms with Gasteiger partial charge < -0.3 is 48.1 Å². The fourth-order valence-corrected chi connectivity index (χ4v) is 6.30. The summed E-state index contributed by atoms with van der Waals surface area (Å²) in [5, 5.41) is 24.5. The zero-order chi connectivity index (χ0) is 40.7. The Kier molecular flexibility index (Phi) is 17.1. The molecule has 1 heterocycles. The fourth-order valence-electron chi connectivity index (χ4n) is 6.30. The Bertz CT molecular complexity index is 1760. The SMILES string of the molecule is CC[C@H](C)[C@H](NC(=O)[C@H](Cc1ccc(O)cc1)NC(=O)[C@H](Cc1c[nH]c2ccccc12)NC(=O)[C@H](CC(C)C)NC(C)=O)C(=O)N[C@@H](CCCCN)C(N)=O. The molecule has 2 aromatic carbocycles. The van der Waals surface area contributed by atoms with Crippen LogP contribution < -0.4 is 38.1 Å². The second-order valence-electron chi connectivity index (χ2n) is 14.6. The van der Waals surface area contributed by atoms with Crippen LogP contribution in [0.4, 0.5) is 0 Å². The van der Waals surface area contributed by atoms with Gasteiger partial charge in [-0.3, -0.25) is 28.8 Å². The van der Waals surface area contributed by atoms with E-state index in [0.717, 1.165) is 16.5 Å². The Labute approximate surface area is 322 Å². The van der Waals surface area contributed by atoms with Crippen LogP contribution in [0.15, 0.2) is 54.7 Å². The maximum Gasteiger partial charge on any atom is 0.243 e. The van der Waals surface area contributed by atoms with Crippen molar-refractivity contribution in [2.24, 2.45) is 23.3 Å². The van der Waals surface area contributed by atoms with Gasteiger partial charge in [-0.15, -0.1) is 0 Å². The third-order valence-electron chi connectivity index (χ3n) is 9.54. The minimum absolute atomic E-state index is 0.00869. The molecule has 0 aliphatic heterocycles. The number of hydrogen-bond donors (Lipinski definition) is 9. The van der Waals surface area contributed by atoms with Gasteiger partial charge in [-0.25, -0.2) is 0 Å². The Morgan fingerprint density at radius 2 is 1.35 bits per heavy atom. The van der Waals surface area contributed by atoms with E-state index in [-0.39, 0.29) is 36.8 Å². The van der Waals surface area contributed by atoms with Crippen molar-refractivity contribution in [3.05, 3.63) is 65.9 Å². The van der Waals surface area contributed by atoms with Gasteiger partial charge in [-0.2, -0.15) is 0 Å². The first-order valence-electron chi connectivity index (χ1n) is 18.9. The van der Waals surface area contributed by atoms with Gasteiger partial charge in [0.2, 0.25) is 35.4 Å². The molecular weight excluding hydrogens is 704 g/mol. The third-order valence-corrected chi connectivity index (χ3v) is 9.54. The van der Waals surface area contributed by atoms with E-state index in [0.29, 0.717) is 37.8 Å². The number of fused-ring (bicyclic) bond motifs is 1. The Morgan fingerprint density at radius 1 is 0.745 bits per heavy atom. The molecular formula is C40H58N8O7. The van der Waals surface area contributed by atoms with E-state index < -0.39 is 65.7 Å². The molecule has 0 fully saturated rings. The van der Waals surface area contributed by atoms with Crippen LogP contribution in [0.1, 0.15) is 77.8 Å². The number of aromatic nitrogens is 1. The maximum atomic E-state index is 14.3. The molecule has 0 saturated heterocycles. The second-order valence-corrected chi connectivity index (χ2v) is 14.6. The van der Waals surface area contributed by atoms with E-state index in [4.69, 9.17) is 11.5 Å². The lowest BCUT2D eigenvalue weighted by Gasteiger charge is -2.29. The number of nitrogens with two attached hydrogens (primary N) is 2. The van der Waals surface area contributed by atoms with E-state index in [9.17, 15) is 33.9 Å². The molecule has 6 atom stereocenters. The number of hydrogen-bond acceptors (Lipinski definition) is 8. The number of amides is 6. The summed E-state index contributed by atoms with van der Waals surface area (Å²) < 4.78 is 0. The molecule has 0 aliphatic carbocycles. The van der Waals surface area contributed by atoms with Crippen LogP contribution >= 0.6 is 0 Å². The molecule has 0 radical (unpaired) electrons. The molecule has 0 aliphatic rings. The van der Waals surface area contributed by atoms with Crippen LogP contribution in [-0.2, 0) is 41.6 Å². The Morgan fingerprint density at radius 3 is 1.95 bits per heavy atom. The summed E-state index contributed by atoms with van der Waals surface area (Å²) in [4.78, 5) is 83.3. The van der Waals surface area contributed by atoms with E-state index in [1.807, 2.05) is 45.0 Å². The number of phenols is 1. The summed E-state index contributed by atoms with van der Waals surface area (Å²) in [6, 6.07) is 8.19. The number of aromatic hydroxyl groups is 1. The zero-order valence-corrected chi connectivity index (χ0v) is 32.4. The highest BCUT2D eigenvalue weighted by molar-refractivity contribution is 5.97. The van der Waals surface area contributed by atoms with Crippen LogP contribution in [0.25, 0.3) is 10.9 Å². The topological polar surface area (TPSA) is 251 Å². The molecule has 11 N–H and O–H groups in total. The van der Waals surface area contributed by atoms with Crippen molar-refractivity contribution in [3.63, 3.8) is 0 Å². The van der Waals surface area contributed by atoms with Crippen LogP contribution in [0.5, 0.6) is 5.75 Å². The zero-order valence-electron chi connectivity index (χ0n) is 32.4. The predicted molar refractivity (Wildman–Crippen MR) is 210 cm³/mol. The minimum atomic E-state index is -1.25. The number of rotatable bonds is 22. The predicted octanol–water partition coefficient (Wildman–Crippen LogP) is 1.81. The standard InChI is InChI=1S/C40H58N8O7/c1-6-24(4)35(40(55)45-31(36(42)51)13-9-10-18-41)48-39(54)33(20-26-14-16-28(50)17-15-26)46-38(53)34(21-27-22-43-30-12-8-7-11-29(27)30)47-37(52)32(19-23(2)3)44-25(5)49/h7-8,11-12,14-17,22-24,31-35,43,50H,6,9-10,13,18-21,41H2,1-5H3,(H2,42,51)(H,44,49)(H,45,55)(H,46,53)(H,47,52)(H,48,54)/t24-,31-,32-,33-,34-,35-/m0/s1. The van der Waals surface area contributed by atoms with Crippen molar-refractivity contribution in [1.29, 1.82) is 0 Å². The molecule has 1 aromatic heterocycles. The first kappa shape index (κ1) is 44.0. The summed E-state index contributed by atoms with van der Waals surface area (Å²) in [6.45, 7) is 9.18. The molecule has 55 heavy (non-hydrogen) atoms. The van der Waals surface area contributed by atoms with Crippen molar-refractivity contribution in [2.75, 3.05) is 6.54 Å². The van der Waals surface area contributed by atoms with E-state index in [2.05, 4.69) is 31.6 Å². The molecule has 3 rings (SSSR count). The number of carbonyl (C=O) groups is 6. The number of carbonyl (C=O) groups excluding carboxylic acids is 6. The Balaban J connectivity index is 1.97. The van der Waals surface area contributed by atoms with Crippen molar-refractivity contribution in [3.8, 4) is 5.75 Å². The highest BCUT2D eigenvalue weighted by atomic mass is 16.3. The molecule has 0 bridgehead atoms. The van der Waals surface area contributed by atoms with E-state index in [1.54, 1.807) is 25.3 Å². The van der Waals surface area contributed by atoms with Gasteiger partial charge in [0, 0.05) is 36.9 Å². The lowest BCUT2D eigenvalue weighted by Crippen LogP contribution is -2.60. The molecule has 15 nitrogen and oxygen atoms in total. The van der Waals surface area contributed by atoms with Crippen LogP contribution in [0.2, 0.25) is 0 Å². The van der Waals surface area contributed by atoms with Gasteiger partial charge in [0.25, 0.3) is 0 Å². The second kappa shape index (κ2) is 21.4. The molecule has 0 spiro atoms. The minimum Gasteiger partial charge on any atom is -0.508 e. The molecule has 15 heteroatoms. The molecule has 0 unspecified atom stereocenters. The van der Waals surface area contributed by atoms with E-state index in [1.165, 1.54) is 19.1 Å². The third kappa shape index (κ3) is 13.7. The fraction of sp³-hybridized carbons (Fsp3) is 0.500. The first-order chi connectivity index (χ1) is 26.1. The van der Waals surface area contributed by atoms with Crippen LogP contribution in [0.3, 0.4) is 0 Å². The quantitative estimate of drug-likeness (QED) is 0.0682. The number of nitrogens with one attached hydrogen (secondary N) is 6. The molecule has 300 valence electrons. The van der Waals surface area contributed by atoms with Crippen molar-refractivity contribution in [1.82, 2.24) is 31.6 Å². The maximum absolute atomic E-state index is 14.3. The number of aromatic amines is 1. The Hall–Kier alpha value is -5.44. The van der Waals surface area contributed by atoms with Crippen molar-refractivity contribution < 1.29 is 33.9 Å². The number of phenolic OH excluding ortho intramolecular Hbond substituents is 1. The normalized spacial score (nSPS) is 14.5. The van der Waals surface area contributed by atoms with Crippen molar-refractivity contribution >= 4 is 46.3 Å². The summed E-state index contributed by atoms with van der Waals surface area (Å²) >= 11 is 0.